The summed E-state index contributed by atoms with van der Waals surface area (Å²) in [7, 11) is 0. The van der Waals surface area contributed by atoms with Crippen LogP contribution >= 0.6 is 0 Å². The standard InChI is InChI=1S/C41H35N/c1-3-13-33(14-4-1)17-7-9-19-35-25-29-38(30-26-35)42(41-24-12-22-37-21-11-23-40(37)41)39-31-27-36(28-32-39)20-10-8-18-34-15-5-2-6-16-34/h1-10,12-20,22,24-32H,11,21,23H2/b17-7+,18-8+,19-9+,20-10+. The summed E-state index contributed by atoms with van der Waals surface area (Å²) in [4.78, 5) is 2.41. The average Bonchev–Trinajstić information content (AvgIpc) is 3.54. The van der Waals surface area contributed by atoms with Gasteiger partial charge in [-0.05, 0) is 83.0 Å². The smallest absolute Gasteiger partial charge is 0.0496 e. The van der Waals surface area contributed by atoms with E-state index >= 15 is 0 Å². The van der Waals surface area contributed by atoms with Crippen LogP contribution in [0.4, 0.5) is 17.1 Å². The Hall–Kier alpha value is -5.14. The molecule has 5 aromatic rings. The molecule has 0 aromatic heterocycles. The monoisotopic (exact) mass is 541 g/mol. The molecule has 0 saturated heterocycles. The Balaban J connectivity index is 1.24. The van der Waals surface area contributed by atoms with E-state index in [2.05, 4.69) is 169 Å². The Morgan fingerprint density at radius 1 is 0.405 bits per heavy atom. The molecule has 1 aliphatic carbocycles. The van der Waals surface area contributed by atoms with Gasteiger partial charge < -0.3 is 4.90 Å². The van der Waals surface area contributed by atoms with Crippen molar-refractivity contribution in [2.75, 3.05) is 4.90 Å². The van der Waals surface area contributed by atoms with Crippen molar-refractivity contribution in [2.45, 2.75) is 19.3 Å². The predicted molar refractivity (Wildman–Crippen MR) is 182 cm³/mol. The molecule has 0 amide bonds. The molecule has 0 spiro atoms. The molecule has 0 fully saturated rings. The minimum atomic E-state index is 1.13. The van der Waals surface area contributed by atoms with Gasteiger partial charge in [0.15, 0.2) is 0 Å². The van der Waals surface area contributed by atoms with E-state index in [-0.39, 0.29) is 0 Å². The van der Waals surface area contributed by atoms with Gasteiger partial charge in [-0.1, -0.05) is 146 Å². The van der Waals surface area contributed by atoms with Crippen LogP contribution in [0, 0.1) is 0 Å². The molecule has 1 aliphatic rings. The van der Waals surface area contributed by atoms with E-state index in [0.29, 0.717) is 0 Å². The highest BCUT2D eigenvalue weighted by molar-refractivity contribution is 5.80. The fraction of sp³-hybridized carbons (Fsp3) is 0.0732. The fourth-order valence-corrected chi connectivity index (χ4v) is 5.50. The van der Waals surface area contributed by atoms with Crippen molar-refractivity contribution in [2.24, 2.45) is 0 Å². The molecule has 5 aromatic carbocycles. The van der Waals surface area contributed by atoms with Crippen molar-refractivity contribution in [3.8, 4) is 0 Å². The number of rotatable bonds is 9. The summed E-state index contributed by atoms with van der Waals surface area (Å²) in [6.07, 6.45) is 20.5. The zero-order valence-corrected chi connectivity index (χ0v) is 23.8. The van der Waals surface area contributed by atoms with E-state index in [4.69, 9.17) is 0 Å². The molecule has 204 valence electrons. The maximum absolute atomic E-state index is 2.41. The molecule has 0 N–H and O–H groups in total. The normalized spacial score (nSPS) is 13.0. The molecule has 0 radical (unpaired) electrons. The van der Waals surface area contributed by atoms with Crippen LogP contribution in [0.1, 0.15) is 39.8 Å². The molecular formula is C41H35N. The summed E-state index contributed by atoms with van der Waals surface area (Å²) in [6, 6.07) is 45.3. The van der Waals surface area contributed by atoms with E-state index in [9.17, 15) is 0 Å². The molecule has 1 heteroatoms. The van der Waals surface area contributed by atoms with Crippen molar-refractivity contribution in [1.82, 2.24) is 0 Å². The van der Waals surface area contributed by atoms with Gasteiger partial charge in [-0.3, -0.25) is 0 Å². The van der Waals surface area contributed by atoms with Crippen LogP contribution in [0.3, 0.4) is 0 Å². The van der Waals surface area contributed by atoms with Gasteiger partial charge in [-0.25, -0.2) is 0 Å². The first-order chi connectivity index (χ1) is 20.8. The lowest BCUT2D eigenvalue weighted by atomic mass is 10.0. The molecule has 42 heavy (non-hydrogen) atoms. The number of anilines is 3. The van der Waals surface area contributed by atoms with Gasteiger partial charge in [-0.2, -0.15) is 0 Å². The zero-order valence-electron chi connectivity index (χ0n) is 23.8. The second kappa shape index (κ2) is 13.5. The summed E-state index contributed by atoms with van der Waals surface area (Å²) in [5, 5.41) is 0. The average molecular weight is 542 g/mol. The summed E-state index contributed by atoms with van der Waals surface area (Å²) < 4.78 is 0. The SMILES string of the molecule is C(/C=C/c1ccc(N(c2ccc(/C=C/C=C/c3ccccc3)cc2)c2cccc3c2CCC3)cc1)=C\c1ccccc1. The number of hydrogen-bond donors (Lipinski definition) is 0. The quantitative estimate of drug-likeness (QED) is 0.168. The molecule has 0 bridgehead atoms. The Bertz CT molecular complexity index is 1600. The third-order valence-corrected chi connectivity index (χ3v) is 7.64. The van der Waals surface area contributed by atoms with E-state index in [1.807, 2.05) is 12.1 Å². The predicted octanol–water partition coefficient (Wildman–Crippen LogP) is 11.1. The number of fused-ring (bicyclic) bond motifs is 1. The lowest BCUT2D eigenvalue weighted by molar-refractivity contribution is 0.911. The summed E-state index contributed by atoms with van der Waals surface area (Å²) in [6.45, 7) is 0. The Labute approximate surface area is 250 Å². The third-order valence-electron chi connectivity index (χ3n) is 7.64. The lowest BCUT2D eigenvalue weighted by Gasteiger charge is -2.28. The first-order valence-corrected chi connectivity index (χ1v) is 14.7. The van der Waals surface area contributed by atoms with E-state index in [0.717, 1.165) is 12.8 Å². The van der Waals surface area contributed by atoms with Crippen molar-refractivity contribution in [1.29, 1.82) is 0 Å². The minimum absolute atomic E-state index is 1.13. The molecule has 0 saturated carbocycles. The van der Waals surface area contributed by atoms with Crippen LogP contribution in [0.25, 0.3) is 24.3 Å². The Morgan fingerprint density at radius 3 is 1.33 bits per heavy atom. The molecule has 1 nitrogen and oxygen atoms in total. The Kier molecular flexibility index (Phi) is 8.68. The molecule has 0 aliphatic heterocycles. The summed E-state index contributed by atoms with van der Waals surface area (Å²) in [5.41, 5.74) is 11.3. The number of benzene rings is 5. The van der Waals surface area contributed by atoms with Gasteiger partial charge in [0.2, 0.25) is 0 Å². The number of hydrogen-bond acceptors (Lipinski definition) is 1. The second-order valence-electron chi connectivity index (χ2n) is 10.5. The lowest BCUT2D eigenvalue weighted by Crippen LogP contribution is -2.12. The largest absolute Gasteiger partial charge is 0.310 e. The van der Waals surface area contributed by atoms with Gasteiger partial charge in [-0.15, -0.1) is 0 Å². The minimum Gasteiger partial charge on any atom is -0.310 e. The number of allylic oxidation sites excluding steroid dienone is 4. The van der Waals surface area contributed by atoms with Crippen LogP contribution in [-0.4, -0.2) is 0 Å². The highest BCUT2D eigenvalue weighted by Gasteiger charge is 2.20. The maximum atomic E-state index is 2.41. The Morgan fingerprint density at radius 2 is 0.857 bits per heavy atom. The topological polar surface area (TPSA) is 3.24 Å². The third kappa shape index (κ3) is 6.77. The van der Waals surface area contributed by atoms with E-state index < -0.39 is 0 Å². The van der Waals surface area contributed by atoms with Gasteiger partial charge in [0.1, 0.15) is 0 Å². The molecule has 0 heterocycles. The second-order valence-corrected chi connectivity index (χ2v) is 10.5. The van der Waals surface area contributed by atoms with E-state index in [1.54, 1.807) is 0 Å². The highest BCUT2D eigenvalue weighted by atomic mass is 15.1. The van der Waals surface area contributed by atoms with Crippen molar-refractivity contribution >= 4 is 41.4 Å². The van der Waals surface area contributed by atoms with Crippen LogP contribution in [0.2, 0.25) is 0 Å². The summed E-state index contributed by atoms with van der Waals surface area (Å²) >= 11 is 0. The fourth-order valence-electron chi connectivity index (χ4n) is 5.50. The van der Waals surface area contributed by atoms with Crippen LogP contribution in [0.5, 0.6) is 0 Å². The van der Waals surface area contributed by atoms with Gasteiger partial charge in [0.25, 0.3) is 0 Å². The molecule has 6 rings (SSSR count). The molecular weight excluding hydrogens is 506 g/mol. The highest BCUT2D eigenvalue weighted by Crippen LogP contribution is 2.40. The van der Waals surface area contributed by atoms with Gasteiger partial charge >= 0.3 is 0 Å². The van der Waals surface area contributed by atoms with Gasteiger partial charge in [0, 0.05) is 17.1 Å². The van der Waals surface area contributed by atoms with Crippen molar-refractivity contribution < 1.29 is 0 Å². The van der Waals surface area contributed by atoms with Crippen LogP contribution in [-0.2, 0) is 12.8 Å². The van der Waals surface area contributed by atoms with Gasteiger partial charge in [0.05, 0.1) is 0 Å². The van der Waals surface area contributed by atoms with Crippen molar-refractivity contribution in [3.05, 3.63) is 185 Å². The van der Waals surface area contributed by atoms with Crippen LogP contribution in [0.15, 0.2) is 152 Å². The first-order valence-electron chi connectivity index (χ1n) is 14.7. The van der Waals surface area contributed by atoms with Crippen LogP contribution < -0.4 is 4.90 Å². The maximum Gasteiger partial charge on any atom is 0.0496 e. The summed E-state index contributed by atoms with van der Waals surface area (Å²) in [5.74, 6) is 0. The zero-order chi connectivity index (χ0) is 28.4. The number of nitrogens with zero attached hydrogens (tertiary/aromatic N) is 1. The first kappa shape index (κ1) is 27.1. The molecule has 0 unspecified atom stereocenters. The number of aryl methyl sites for hydroxylation is 1. The van der Waals surface area contributed by atoms with Crippen molar-refractivity contribution in [3.63, 3.8) is 0 Å². The molecule has 0 atom stereocenters. The van der Waals surface area contributed by atoms with E-state index in [1.165, 1.54) is 56.9 Å².